The zero-order valence-corrected chi connectivity index (χ0v) is 11.0. The van der Waals surface area contributed by atoms with Crippen LogP contribution in [0.1, 0.15) is 10.4 Å². The second-order valence-corrected chi connectivity index (χ2v) is 4.65. The molecule has 120 valence electrons. The highest BCUT2D eigenvalue weighted by molar-refractivity contribution is 5.89. The van der Waals surface area contributed by atoms with E-state index in [-0.39, 0.29) is 5.56 Å². The van der Waals surface area contributed by atoms with Gasteiger partial charge in [0.1, 0.15) is 18.0 Å². The zero-order chi connectivity index (χ0) is 16.4. The molecule has 4 N–H and O–H groups in total. The molecule has 0 unspecified atom stereocenters. The summed E-state index contributed by atoms with van der Waals surface area (Å²) in [4.78, 5) is 22.8. The normalized spacial score (nSPS) is 31.5. The second kappa shape index (κ2) is 6.36. The van der Waals surface area contributed by atoms with Gasteiger partial charge >= 0.3 is 11.9 Å². The molecule has 0 aromatic heterocycles. The Morgan fingerprint density at radius 1 is 1.18 bits per heavy atom. The third-order valence-corrected chi connectivity index (χ3v) is 3.11. The van der Waals surface area contributed by atoms with E-state index in [0.717, 1.165) is 12.1 Å². The Kier molecular flexibility index (Phi) is 4.71. The van der Waals surface area contributed by atoms with Crippen LogP contribution in [0.5, 0.6) is 0 Å². The number of aliphatic hydroxyl groups excluding tert-OH is 3. The van der Waals surface area contributed by atoms with E-state index >= 15 is 0 Å². The molecule has 0 saturated carbocycles. The molecule has 1 fully saturated rings. The third kappa shape index (κ3) is 3.22. The van der Waals surface area contributed by atoms with Crippen LogP contribution in [0.25, 0.3) is 0 Å². The van der Waals surface area contributed by atoms with Crippen LogP contribution in [0.4, 0.5) is 4.39 Å². The third-order valence-electron chi connectivity index (χ3n) is 3.11. The number of carbonyl (C=O) groups is 2. The van der Waals surface area contributed by atoms with Crippen molar-refractivity contribution in [2.75, 3.05) is 0 Å². The minimum absolute atomic E-state index is 0.202. The number of hydrogen-bond acceptors (Lipinski definition) is 7. The number of rotatable bonds is 3. The molecule has 0 spiro atoms. The molecular formula is C13H13FO8. The Balaban J connectivity index is 2.18. The predicted octanol–water partition coefficient (Wildman–Crippen LogP) is -1.13. The maximum absolute atomic E-state index is 13.0. The van der Waals surface area contributed by atoms with E-state index in [1.165, 1.54) is 12.1 Å². The Morgan fingerprint density at radius 3 is 2.45 bits per heavy atom. The van der Waals surface area contributed by atoms with Crippen molar-refractivity contribution in [2.24, 2.45) is 0 Å². The van der Waals surface area contributed by atoms with Gasteiger partial charge in [0, 0.05) is 0 Å². The minimum Gasteiger partial charge on any atom is -0.479 e. The van der Waals surface area contributed by atoms with Gasteiger partial charge in [-0.05, 0) is 18.2 Å². The van der Waals surface area contributed by atoms with E-state index in [0.29, 0.717) is 0 Å². The van der Waals surface area contributed by atoms with Crippen molar-refractivity contribution in [1.29, 1.82) is 0 Å². The van der Waals surface area contributed by atoms with Crippen LogP contribution in [0.2, 0.25) is 0 Å². The molecule has 0 radical (unpaired) electrons. The first kappa shape index (κ1) is 16.3. The summed E-state index contributed by atoms with van der Waals surface area (Å²) in [6.07, 6.45) is -9.37. The molecule has 5 atom stereocenters. The zero-order valence-electron chi connectivity index (χ0n) is 11.0. The van der Waals surface area contributed by atoms with Crippen molar-refractivity contribution < 1.29 is 43.9 Å². The molecule has 1 aromatic carbocycles. The summed E-state index contributed by atoms with van der Waals surface area (Å²) < 4.78 is 22.4. The highest BCUT2D eigenvalue weighted by Crippen LogP contribution is 2.23. The predicted molar refractivity (Wildman–Crippen MR) is 66.1 cm³/mol. The number of carboxylic acids is 1. The molecule has 9 heteroatoms. The van der Waals surface area contributed by atoms with Gasteiger partial charge in [0.2, 0.25) is 0 Å². The summed E-state index contributed by atoms with van der Waals surface area (Å²) in [6, 6.07) is 4.44. The average Bonchev–Trinajstić information content (AvgIpc) is 2.46. The number of halogens is 1. The number of ether oxygens (including phenoxy) is 2. The fourth-order valence-electron chi connectivity index (χ4n) is 2.00. The van der Waals surface area contributed by atoms with E-state index in [1.54, 1.807) is 0 Å². The number of benzene rings is 1. The number of carboxylic acid groups (broad SMARTS) is 1. The Labute approximate surface area is 123 Å². The molecular weight excluding hydrogens is 303 g/mol. The molecule has 1 aromatic rings. The van der Waals surface area contributed by atoms with Gasteiger partial charge in [-0.1, -0.05) is 6.07 Å². The van der Waals surface area contributed by atoms with Gasteiger partial charge in [-0.15, -0.1) is 0 Å². The molecule has 1 aliphatic heterocycles. The van der Waals surface area contributed by atoms with E-state index in [2.05, 4.69) is 4.74 Å². The summed E-state index contributed by atoms with van der Waals surface area (Å²) in [5.74, 6) is -3.41. The minimum atomic E-state index is -1.96. The van der Waals surface area contributed by atoms with Crippen LogP contribution in [0, 0.1) is 5.82 Å². The smallest absolute Gasteiger partial charge is 0.338 e. The standard InChI is InChI=1S/C13H13FO8/c14-6-3-1-2-5(4-6)12(19)21-9-7(15)10(11(17)18)22-13(20)8(9)16/h1-4,7-10,13,15-16,20H,(H,17,18)/t7-,8+,9-,10-,13-/m0/s1. The number of aliphatic carboxylic acids is 1. The highest BCUT2D eigenvalue weighted by Gasteiger charge is 2.49. The topological polar surface area (TPSA) is 134 Å². The van der Waals surface area contributed by atoms with Gasteiger partial charge < -0.3 is 29.9 Å². The fourth-order valence-corrected chi connectivity index (χ4v) is 2.00. The molecule has 22 heavy (non-hydrogen) atoms. The molecule has 1 aliphatic rings. The summed E-state index contributed by atoms with van der Waals surface area (Å²) in [5.41, 5.74) is -0.202. The van der Waals surface area contributed by atoms with E-state index in [4.69, 9.17) is 9.84 Å². The molecule has 8 nitrogen and oxygen atoms in total. The first-order chi connectivity index (χ1) is 10.3. The molecule has 1 heterocycles. The van der Waals surface area contributed by atoms with Crippen LogP contribution < -0.4 is 0 Å². The Hall–Kier alpha value is -2.07. The van der Waals surface area contributed by atoms with Crippen molar-refractivity contribution in [3.8, 4) is 0 Å². The summed E-state index contributed by atoms with van der Waals surface area (Å²) in [5, 5.41) is 37.8. The van der Waals surface area contributed by atoms with Crippen molar-refractivity contribution in [3.05, 3.63) is 35.6 Å². The molecule has 1 saturated heterocycles. The lowest BCUT2D eigenvalue weighted by atomic mass is 9.98. The first-order valence-electron chi connectivity index (χ1n) is 6.20. The van der Waals surface area contributed by atoms with Crippen molar-refractivity contribution in [1.82, 2.24) is 0 Å². The van der Waals surface area contributed by atoms with E-state index < -0.39 is 48.5 Å². The number of esters is 1. The lowest BCUT2D eigenvalue weighted by Crippen LogP contribution is -2.61. The van der Waals surface area contributed by atoms with E-state index in [9.17, 15) is 29.3 Å². The highest BCUT2D eigenvalue weighted by atomic mass is 19.1. The van der Waals surface area contributed by atoms with Crippen molar-refractivity contribution in [2.45, 2.75) is 30.7 Å². The summed E-state index contributed by atoms with van der Waals surface area (Å²) in [7, 11) is 0. The number of aliphatic hydroxyl groups is 3. The number of carbonyl (C=O) groups excluding carboxylic acids is 1. The van der Waals surface area contributed by atoms with Crippen LogP contribution >= 0.6 is 0 Å². The van der Waals surface area contributed by atoms with Gasteiger partial charge in [0.25, 0.3) is 0 Å². The van der Waals surface area contributed by atoms with Crippen LogP contribution in [0.15, 0.2) is 24.3 Å². The quantitative estimate of drug-likeness (QED) is 0.515. The molecule has 0 aliphatic carbocycles. The summed E-state index contributed by atoms with van der Waals surface area (Å²) >= 11 is 0. The lowest BCUT2D eigenvalue weighted by molar-refractivity contribution is -0.279. The van der Waals surface area contributed by atoms with Crippen molar-refractivity contribution >= 4 is 11.9 Å². The van der Waals surface area contributed by atoms with Crippen LogP contribution in [-0.4, -0.2) is 63.1 Å². The monoisotopic (exact) mass is 316 g/mol. The van der Waals surface area contributed by atoms with Gasteiger partial charge in [-0.25, -0.2) is 14.0 Å². The molecule has 0 amide bonds. The largest absolute Gasteiger partial charge is 0.479 e. The first-order valence-corrected chi connectivity index (χ1v) is 6.20. The fraction of sp³-hybridized carbons (Fsp3) is 0.385. The Bertz CT molecular complexity index is 577. The lowest BCUT2D eigenvalue weighted by Gasteiger charge is -2.38. The number of hydrogen-bond donors (Lipinski definition) is 4. The Morgan fingerprint density at radius 2 is 1.86 bits per heavy atom. The van der Waals surface area contributed by atoms with Crippen LogP contribution in [0.3, 0.4) is 0 Å². The molecule has 2 rings (SSSR count). The summed E-state index contributed by atoms with van der Waals surface area (Å²) in [6.45, 7) is 0. The van der Waals surface area contributed by atoms with Crippen molar-refractivity contribution in [3.63, 3.8) is 0 Å². The molecule has 0 bridgehead atoms. The SMILES string of the molecule is O=C(O[C@@H]1[C@@H](O)[C@@H](O)O[C@H](C(=O)O)[C@H]1O)c1cccc(F)c1. The van der Waals surface area contributed by atoms with Gasteiger partial charge in [0.05, 0.1) is 5.56 Å². The van der Waals surface area contributed by atoms with E-state index in [1.807, 2.05) is 0 Å². The second-order valence-electron chi connectivity index (χ2n) is 4.65. The van der Waals surface area contributed by atoms with Gasteiger partial charge in [-0.3, -0.25) is 0 Å². The maximum atomic E-state index is 13.0. The van der Waals surface area contributed by atoms with Gasteiger partial charge in [-0.2, -0.15) is 0 Å². The van der Waals surface area contributed by atoms with Gasteiger partial charge in [0.15, 0.2) is 18.5 Å². The van der Waals surface area contributed by atoms with Crippen LogP contribution in [-0.2, 0) is 14.3 Å². The average molecular weight is 316 g/mol. The maximum Gasteiger partial charge on any atom is 0.338 e.